The summed E-state index contributed by atoms with van der Waals surface area (Å²) in [6, 6.07) is -0.179. The van der Waals surface area contributed by atoms with Gasteiger partial charge >= 0.3 is 5.97 Å². The van der Waals surface area contributed by atoms with Crippen LogP contribution in [0.5, 0.6) is 0 Å². The Morgan fingerprint density at radius 2 is 1.75 bits per heavy atom. The molecule has 108 valence electrons. The Kier molecular flexibility index (Phi) is 3.65. The summed E-state index contributed by atoms with van der Waals surface area (Å²) in [6.07, 6.45) is 1.04. The van der Waals surface area contributed by atoms with Crippen molar-refractivity contribution in [2.45, 2.75) is 18.9 Å². The third-order valence-electron chi connectivity index (χ3n) is 2.89. The number of hydrogen-bond donors (Lipinski definition) is 1. The molecule has 0 atom stereocenters. The zero-order chi connectivity index (χ0) is 15.0. The van der Waals surface area contributed by atoms with Gasteiger partial charge < -0.3 is 10.0 Å². The Labute approximate surface area is 110 Å². The van der Waals surface area contributed by atoms with E-state index in [4.69, 9.17) is 5.11 Å². The lowest BCUT2D eigenvalue weighted by molar-refractivity contribution is -0.137. The van der Waals surface area contributed by atoms with Gasteiger partial charge in [0, 0.05) is 6.04 Å². The second kappa shape index (κ2) is 5.10. The van der Waals surface area contributed by atoms with Crippen LogP contribution >= 0.6 is 0 Å². The topological polar surface area (TPSA) is 57.6 Å². The number of benzene rings is 1. The molecule has 2 rings (SSSR count). The van der Waals surface area contributed by atoms with E-state index in [0.29, 0.717) is 12.8 Å². The van der Waals surface area contributed by atoms with Crippen molar-refractivity contribution in [3.05, 3.63) is 34.9 Å². The minimum atomic E-state index is -2.10. The molecule has 1 N–H and O–H groups in total. The molecule has 0 aromatic heterocycles. The van der Waals surface area contributed by atoms with Crippen molar-refractivity contribution in [3.8, 4) is 0 Å². The number of halogens is 4. The fourth-order valence-electron chi connectivity index (χ4n) is 1.78. The highest BCUT2D eigenvalue weighted by Gasteiger charge is 2.36. The molecular formula is C12H9F4NO3. The van der Waals surface area contributed by atoms with Crippen molar-refractivity contribution < 1.29 is 32.3 Å². The minimum absolute atomic E-state index is 0.229. The van der Waals surface area contributed by atoms with E-state index in [1.165, 1.54) is 0 Å². The van der Waals surface area contributed by atoms with Crippen molar-refractivity contribution in [3.63, 3.8) is 0 Å². The van der Waals surface area contributed by atoms with Crippen LogP contribution in [0.25, 0.3) is 0 Å². The standard InChI is InChI=1S/C12H9F4NO3/c13-7-3-6(9(14)11(16)10(7)15)12(20)17(4-8(18)19)5-1-2-5/h3,5H,1-2,4H2,(H,18,19). The average Bonchev–Trinajstić information content (AvgIpc) is 3.21. The highest BCUT2D eigenvalue weighted by atomic mass is 19.2. The lowest BCUT2D eigenvalue weighted by Gasteiger charge is -2.20. The number of carboxylic acids is 1. The van der Waals surface area contributed by atoms with Gasteiger partial charge in [-0.05, 0) is 18.9 Å². The summed E-state index contributed by atoms with van der Waals surface area (Å²) in [5.41, 5.74) is -1.02. The highest BCUT2D eigenvalue weighted by molar-refractivity contribution is 5.96. The minimum Gasteiger partial charge on any atom is -0.480 e. The Morgan fingerprint density at radius 3 is 2.25 bits per heavy atom. The highest BCUT2D eigenvalue weighted by Crippen LogP contribution is 2.29. The van der Waals surface area contributed by atoms with Gasteiger partial charge in [-0.25, -0.2) is 17.6 Å². The Morgan fingerprint density at radius 1 is 1.15 bits per heavy atom. The van der Waals surface area contributed by atoms with E-state index in [1.807, 2.05) is 0 Å². The summed E-state index contributed by atoms with van der Waals surface area (Å²) in [7, 11) is 0. The summed E-state index contributed by atoms with van der Waals surface area (Å²) >= 11 is 0. The molecule has 1 amide bonds. The largest absolute Gasteiger partial charge is 0.480 e. The Bertz CT molecular complexity index is 587. The van der Waals surface area contributed by atoms with E-state index >= 15 is 0 Å². The van der Waals surface area contributed by atoms with Crippen LogP contribution in [0.15, 0.2) is 6.07 Å². The molecule has 1 aliphatic carbocycles. The summed E-state index contributed by atoms with van der Waals surface area (Å²) in [6.45, 7) is -0.719. The normalized spacial score (nSPS) is 14.2. The summed E-state index contributed by atoms with van der Waals surface area (Å²) < 4.78 is 52.4. The molecule has 1 fully saturated rings. The van der Waals surface area contributed by atoms with Crippen molar-refractivity contribution >= 4 is 11.9 Å². The molecule has 1 aliphatic rings. The van der Waals surface area contributed by atoms with Crippen molar-refractivity contribution in [2.75, 3.05) is 6.54 Å². The zero-order valence-electron chi connectivity index (χ0n) is 10.00. The van der Waals surface area contributed by atoms with Crippen LogP contribution in [-0.4, -0.2) is 34.5 Å². The Balaban J connectivity index is 2.39. The number of hydrogen-bond acceptors (Lipinski definition) is 2. The third kappa shape index (κ3) is 2.59. The predicted octanol–water partition coefficient (Wildman–Crippen LogP) is 1.93. The molecule has 20 heavy (non-hydrogen) atoms. The molecule has 0 heterocycles. The second-order valence-electron chi connectivity index (χ2n) is 4.41. The maximum absolute atomic E-state index is 13.5. The maximum atomic E-state index is 13.5. The van der Waals surface area contributed by atoms with E-state index in [1.54, 1.807) is 0 Å². The molecular weight excluding hydrogens is 282 g/mol. The van der Waals surface area contributed by atoms with Gasteiger partial charge in [-0.1, -0.05) is 0 Å². The number of nitrogens with zero attached hydrogens (tertiary/aromatic N) is 1. The fraction of sp³-hybridized carbons (Fsp3) is 0.333. The van der Waals surface area contributed by atoms with Gasteiger partial charge in [0.1, 0.15) is 6.54 Å². The van der Waals surface area contributed by atoms with Crippen molar-refractivity contribution in [2.24, 2.45) is 0 Å². The molecule has 4 nitrogen and oxygen atoms in total. The van der Waals surface area contributed by atoms with Gasteiger partial charge in [0.05, 0.1) is 5.56 Å². The lowest BCUT2D eigenvalue weighted by atomic mass is 10.1. The van der Waals surface area contributed by atoms with Crippen LogP contribution < -0.4 is 0 Å². The monoisotopic (exact) mass is 291 g/mol. The number of amides is 1. The molecule has 0 bridgehead atoms. The first kappa shape index (κ1) is 14.3. The second-order valence-corrected chi connectivity index (χ2v) is 4.41. The van der Waals surface area contributed by atoms with Gasteiger partial charge in [0.2, 0.25) is 0 Å². The van der Waals surface area contributed by atoms with Gasteiger partial charge in [-0.2, -0.15) is 0 Å². The van der Waals surface area contributed by atoms with Crippen LogP contribution in [0.3, 0.4) is 0 Å². The van der Waals surface area contributed by atoms with Gasteiger partial charge in [-0.3, -0.25) is 9.59 Å². The van der Waals surface area contributed by atoms with Crippen LogP contribution in [0, 0.1) is 23.3 Å². The number of carbonyl (C=O) groups is 2. The summed E-state index contributed by atoms with van der Waals surface area (Å²) in [5, 5.41) is 8.68. The van der Waals surface area contributed by atoms with E-state index in [-0.39, 0.29) is 6.07 Å². The SMILES string of the molecule is O=C(O)CN(C(=O)c1cc(F)c(F)c(F)c1F)C1CC1. The van der Waals surface area contributed by atoms with Gasteiger partial charge in [0.25, 0.3) is 5.91 Å². The third-order valence-corrected chi connectivity index (χ3v) is 2.89. The van der Waals surface area contributed by atoms with Gasteiger partial charge in [-0.15, -0.1) is 0 Å². The lowest BCUT2D eigenvalue weighted by Crippen LogP contribution is -2.38. The number of aliphatic carboxylic acids is 1. The number of carboxylic acid groups (broad SMARTS) is 1. The van der Waals surface area contributed by atoms with Gasteiger partial charge in [0.15, 0.2) is 23.3 Å². The van der Waals surface area contributed by atoms with E-state index in [0.717, 1.165) is 4.90 Å². The molecule has 8 heteroatoms. The quantitative estimate of drug-likeness (QED) is 0.524. The average molecular weight is 291 g/mol. The van der Waals surface area contributed by atoms with Crippen LogP contribution in [0.1, 0.15) is 23.2 Å². The summed E-state index contributed by atoms with van der Waals surface area (Å²) in [5.74, 6) is -10.2. The molecule has 1 aromatic carbocycles. The van der Waals surface area contributed by atoms with E-state index < -0.39 is 53.3 Å². The Hall–Kier alpha value is -2.12. The van der Waals surface area contributed by atoms with Crippen molar-refractivity contribution in [1.29, 1.82) is 0 Å². The molecule has 0 saturated heterocycles. The molecule has 0 unspecified atom stereocenters. The van der Waals surface area contributed by atoms with Crippen LogP contribution in [0.4, 0.5) is 17.6 Å². The van der Waals surface area contributed by atoms with E-state index in [2.05, 4.69) is 0 Å². The summed E-state index contributed by atoms with van der Waals surface area (Å²) in [4.78, 5) is 23.4. The maximum Gasteiger partial charge on any atom is 0.323 e. The molecule has 0 spiro atoms. The first-order valence-electron chi connectivity index (χ1n) is 5.68. The molecule has 0 radical (unpaired) electrons. The molecule has 0 aliphatic heterocycles. The first-order chi connectivity index (χ1) is 9.32. The molecule has 1 aromatic rings. The molecule has 1 saturated carbocycles. The van der Waals surface area contributed by atoms with Crippen molar-refractivity contribution in [1.82, 2.24) is 4.90 Å². The number of carbonyl (C=O) groups excluding carboxylic acids is 1. The van der Waals surface area contributed by atoms with E-state index in [9.17, 15) is 27.2 Å². The van der Waals surface area contributed by atoms with Crippen LogP contribution in [0.2, 0.25) is 0 Å². The number of rotatable bonds is 4. The smallest absolute Gasteiger partial charge is 0.323 e. The first-order valence-corrected chi connectivity index (χ1v) is 5.68. The van der Waals surface area contributed by atoms with Crippen LogP contribution in [-0.2, 0) is 4.79 Å². The zero-order valence-corrected chi connectivity index (χ0v) is 10.00. The predicted molar refractivity (Wildman–Crippen MR) is 58.0 cm³/mol. The fourth-order valence-corrected chi connectivity index (χ4v) is 1.78.